The van der Waals surface area contributed by atoms with Crippen LogP contribution in [0.4, 0.5) is 10.2 Å². The topological polar surface area (TPSA) is 58.1 Å². The lowest BCUT2D eigenvalue weighted by Gasteiger charge is -2.23. The van der Waals surface area contributed by atoms with Crippen molar-refractivity contribution in [2.45, 2.75) is 70.5 Å². The number of aromatic nitrogens is 2. The van der Waals surface area contributed by atoms with Crippen LogP contribution in [-0.4, -0.2) is 32.9 Å². The van der Waals surface area contributed by atoms with Gasteiger partial charge in [0.05, 0.1) is 0 Å². The van der Waals surface area contributed by atoms with Crippen LogP contribution in [0.25, 0.3) is 22.0 Å². The van der Waals surface area contributed by atoms with Gasteiger partial charge < -0.3 is 10.2 Å². The summed E-state index contributed by atoms with van der Waals surface area (Å²) >= 11 is 0. The molecule has 2 fully saturated rings. The maximum absolute atomic E-state index is 14.9. The molecule has 166 valence electrons. The number of nitrogens with zero attached hydrogens (tertiary/aromatic N) is 3. The van der Waals surface area contributed by atoms with Crippen LogP contribution in [0, 0.1) is 5.82 Å². The molecule has 2 aliphatic rings. The number of benzene rings is 2. The number of fused-ring (bicyclic) bond motifs is 1. The highest BCUT2D eigenvalue weighted by Gasteiger charge is 2.32. The van der Waals surface area contributed by atoms with Crippen molar-refractivity contribution in [3.8, 4) is 11.1 Å². The number of carbonyl (C=O) groups excluding carboxylic acids is 1. The van der Waals surface area contributed by atoms with Crippen LogP contribution in [0.1, 0.15) is 57.4 Å². The lowest BCUT2D eigenvalue weighted by atomic mass is 10.0. The first-order valence-electron chi connectivity index (χ1n) is 11.7. The second-order valence-corrected chi connectivity index (χ2v) is 9.05. The Hall–Kier alpha value is -3.02. The summed E-state index contributed by atoms with van der Waals surface area (Å²) in [5.41, 5.74) is 3.13. The largest absolute Gasteiger partial charge is 0.367 e. The Labute approximate surface area is 188 Å². The van der Waals surface area contributed by atoms with Crippen LogP contribution in [0.5, 0.6) is 0 Å². The van der Waals surface area contributed by atoms with Crippen LogP contribution >= 0.6 is 0 Å². The number of amides is 1. The van der Waals surface area contributed by atoms with Gasteiger partial charge in [0.15, 0.2) is 0 Å². The smallest absolute Gasteiger partial charge is 0.223 e. The Morgan fingerprint density at radius 2 is 1.97 bits per heavy atom. The van der Waals surface area contributed by atoms with Gasteiger partial charge >= 0.3 is 0 Å². The number of hydrogen-bond donors (Lipinski definition) is 1. The normalized spacial score (nSPS) is 15.7. The van der Waals surface area contributed by atoms with Gasteiger partial charge in [0.1, 0.15) is 23.5 Å². The van der Waals surface area contributed by atoms with Crippen LogP contribution < -0.4 is 5.32 Å². The van der Waals surface area contributed by atoms with Gasteiger partial charge in [0.25, 0.3) is 0 Å². The molecule has 3 aromatic rings. The second-order valence-electron chi connectivity index (χ2n) is 9.05. The molecule has 6 heteroatoms. The number of carbonyl (C=O) groups is 1. The molecule has 32 heavy (non-hydrogen) atoms. The zero-order valence-electron chi connectivity index (χ0n) is 18.5. The molecule has 0 aliphatic heterocycles. The first kappa shape index (κ1) is 20.9. The van der Waals surface area contributed by atoms with E-state index in [4.69, 9.17) is 0 Å². The van der Waals surface area contributed by atoms with Crippen LogP contribution in [0.2, 0.25) is 0 Å². The molecule has 2 aromatic carbocycles. The third kappa shape index (κ3) is 4.59. The molecule has 0 unspecified atom stereocenters. The van der Waals surface area contributed by atoms with Gasteiger partial charge in [-0.25, -0.2) is 14.4 Å². The summed E-state index contributed by atoms with van der Waals surface area (Å²) < 4.78 is 14.9. The molecule has 0 radical (unpaired) electrons. The zero-order valence-corrected chi connectivity index (χ0v) is 18.5. The SMILES string of the molecule is CCCCC(=O)N(Cc1cccc(-c2cc(F)c3ncnc(NC4CC4)c3c2)c1)C1CC1. The van der Waals surface area contributed by atoms with Crippen molar-refractivity contribution in [1.29, 1.82) is 0 Å². The van der Waals surface area contributed by atoms with E-state index in [-0.39, 0.29) is 11.7 Å². The fourth-order valence-electron chi connectivity index (χ4n) is 4.15. The molecule has 2 saturated carbocycles. The summed E-state index contributed by atoms with van der Waals surface area (Å²) in [5.74, 6) is 0.582. The Morgan fingerprint density at radius 1 is 1.12 bits per heavy atom. The summed E-state index contributed by atoms with van der Waals surface area (Å²) in [5, 5.41) is 4.09. The zero-order chi connectivity index (χ0) is 22.1. The predicted octanol–water partition coefficient (Wildman–Crippen LogP) is 5.69. The number of anilines is 1. The van der Waals surface area contributed by atoms with E-state index in [1.54, 1.807) is 6.07 Å². The van der Waals surface area contributed by atoms with Gasteiger partial charge in [-0.15, -0.1) is 0 Å². The number of nitrogens with one attached hydrogen (secondary N) is 1. The molecule has 1 amide bonds. The van der Waals surface area contributed by atoms with Crippen molar-refractivity contribution in [1.82, 2.24) is 14.9 Å². The van der Waals surface area contributed by atoms with E-state index in [1.807, 2.05) is 29.2 Å². The van der Waals surface area contributed by atoms with Crippen LogP contribution in [0.3, 0.4) is 0 Å². The monoisotopic (exact) mass is 432 g/mol. The summed E-state index contributed by atoms with van der Waals surface area (Å²) in [4.78, 5) is 23.3. The highest BCUT2D eigenvalue weighted by Crippen LogP contribution is 2.33. The van der Waals surface area contributed by atoms with E-state index in [1.165, 1.54) is 6.33 Å². The first-order valence-corrected chi connectivity index (χ1v) is 11.7. The van der Waals surface area contributed by atoms with Gasteiger partial charge in [-0.1, -0.05) is 31.5 Å². The lowest BCUT2D eigenvalue weighted by molar-refractivity contribution is -0.132. The Bertz CT molecular complexity index is 1140. The lowest BCUT2D eigenvalue weighted by Crippen LogP contribution is -2.32. The number of hydrogen-bond acceptors (Lipinski definition) is 4. The summed E-state index contributed by atoms with van der Waals surface area (Å²) in [6.07, 6.45) is 8.38. The highest BCUT2D eigenvalue weighted by molar-refractivity contribution is 5.93. The number of unbranched alkanes of at least 4 members (excludes halogenated alkanes) is 1. The summed E-state index contributed by atoms with van der Waals surface area (Å²) in [6, 6.07) is 12.4. The summed E-state index contributed by atoms with van der Waals surface area (Å²) in [6.45, 7) is 2.71. The number of halogens is 1. The minimum Gasteiger partial charge on any atom is -0.367 e. The molecule has 1 heterocycles. The van der Waals surface area contributed by atoms with Gasteiger partial charge in [0.2, 0.25) is 5.91 Å². The van der Waals surface area contributed by atoms with E-state index in [0.29, 0.717) is 41.8 Å². The van der Waals surface area contributed by atoms with Crippen molar-refractivity contribution < 1.29 is 9.18 Å². The maximum atomic E-state index is 14.9. The fourth-order valence-corrected chi connectivity index (χ4v) is 4.15. The third-order valence-corrected chi connectivity index (χ3v) is 6.28. The van der Waals surface area contributed by atoms with Crippen molar-refractivity contribution >= 4 is 22.6 Å². The molecular formula is C26H29FN4O. The Kier molecular flexibility index (Phi) is 5.77. The van der Waals surface area contributed by atoms with E-state index in [2.05, 4.69) is 28.3 Å². The molecular weight excluding hydrogens is 403 g/mol. The van der Waals surface area contributed by atoms with E-state index >= 15 is 0 Å². The van der Waals surface area contributed by atoms with Gasteiger partial charge in [-0.05, 0) is 67.0 Å². The maximum Gasteiger partial charge on any atom is 0.223 e. The minimum absolute atomic E-state index is 0.240. The van der Waals surface area contributed by atoms with Crippen molar-refractivity contribution in [3.05, 3.63) is 54.1 Å². The van der Waals surface area contributed by atoms with Crippen molar-refractivity contribution in [2.24, 2.45) is 0 Å². The van der Waals surface area contributed by atoms with Gasteiger partial charge in [-0.3, -0.25) is 4.79 Å². The van der Waals surface area contributed by atoms with Crippen LogP contribution in [0.15, 0.2) is 42.7 Å². The Balaban J connectivity index is 1.44. The van der Waals surface area contributed by atoms with Crippen molar-refractivity contribution in [2.75, 3.05) is 5.32 Å². The molecule has 0 bridgehead atoms. The molecule has 2 aliphatic carbocycles. The van der Waals surface area contributed by atoms with Gasteiger partial charge in [0, 0.05) is 30.4 Å². The summed E-state index contributed by atoms with van der Waals surface area (Å²) in [7, 11) is 0. The average Bonchev–Trinajstić information content (AvgIpc) is 3.72. The average molecular weight is 433 g/mol. The van der Waals surface area contributed by atoms with Crippen LogP contribution in [-0.2, 0) is 11.3 Å². The van der Waals surface area contributed by atoms with Crippen molar-refractivity contribution in [3.63, 3.8) is 0 Å². The second kappa shape index (κ2) is 8.85. The van der Waals surface area contributed by atoms with E-state index in [9.17, 15) is 9.18 Å². The molecule has 0 atom stereocenters. The quantitative estimate of drug-likeness (QED) is 0.472. The highest BCUT2D eigenvalue weighted by atomic mass is 19.1. The molecule has 5 nitrogen and oxygen atoms in total. The van der Waals surface area contributed by atoms with E-state index in [0.717, 1.165) is 55.2 Å². The molecule has 1 N–H and O–H groups in total. The molecule has 0 saturated heterocycles. The third-order valence-electron chi connectivity index (χ3n) is 6.28. The molecule has 1 aromatic heterocycles. The van der Waals surface area contributed by atoms with E-state index < -0.39 is 0 Å². The first-order chi connectivity index (χ1) is 15.6. The number of rotatable bonds is 9. The Morgan fingerprint density at radius 3 is 2.72 bits per heavy atom. The molecule has 0 spiro atoms. The van der Waals surface area contributed by atoms with Gasteiger partial charge in [-0.2, -0.15) is 0 Å². The molecule has 5 rings (SSSR count). The fraction of sp³-hybridized carbons (Fsp3) is 0.423. The standard InChI is InChI=1S/C26H29FN4O/c1-2-3-7-24(32)31(21-10-11-21)15-17-5-4-6-18(12-17)19-13-22-25(23(27)14-19)28-16-29-26(22)30-20-8-9-20/h4-6,12-14,16,20-21H,2-3,7-11,15H2,1H3,(H,28,29,30). The minimum atomic E-state index is -0.349. The predicted molar refractivity (Wildman–Crippen MR) is 125 cm³/mol.